The molecular weight excluding hydrogens is 557 g/mol. The van der Waals surface area contributed by atoms with Crippen LogP contribution in [0.4, 0.5) is 5.69 Å². The predicted molar refractivity (Wildman–Crippen MR) is 166 cm³/mol. The van der Waals surface area contributed by atoms with Gasteiger partial charge in [-0.15, -0.1) is 0 Å². The van der Waals surface area contributed by atoms with E-state index < -0.39 is 5.54 Å². The Hall–Kier alpha value is -2.99. The normalized spacial score (nSPS) is 22.1. The van der Waals surface area contributed by atoms with Gasteiger partial charge in [-0.05, 0) is 91.1 Å². The highest BCUT2D eigenvalue weighted by atomic mass is 35.5. The lowest BCUT2D eigenvalue weighted by molar-refractivity contribution is -0.147. The molecule has 1 N–H and O–H groups in total. The lowest BCUT2D eigenvalue weighted by atomic mass is 9.61. The quantitative estimate of drug-likeness (QED) is 0.239. The average Bonchev–Trinajstić information content (AvgIpc) is 3.27. The molecule has 1 fully saturated rings. The number of rotatable bonds is 10. The lowest BCUT2D eigenvalue weighted by Gasteiger charge is -2.46. The molecule has 0 radical (unpaired) electrons. The van der Waals surface area contributed by atoms with Gasteiger partial charge in [-0.25, -0.2) is 4.79 Å². The van der Waals surface area contributed by atoms with E-state index in [9.17, 15) is 4.79 Å². The number of halogens is 2. The van der Waals surface area contributed by atoms with Gasteiger partial charge in [0.05, 0.1) is 20.8 Å². The van der Waals surface area contributed by atoms with Gasteiger partial charge in [0, 0.05) is 27.8 Å². The number of hydrogen-bond acceptors (Lipinski definition) is 5. The maximum absolute atomic E-state index is 13.2. The number of fused-ring (bicyclic) bond motifs is 2. The van der Waals surface area contributed by atoms with Crippen molar-refractivity contribution >= 4 is 40.9 Å². The van der Waals surface area contributed by atoms with E-state index in [2.05, 4.69) is 24.4 Å². The van der Waals surface area contributed by atoms with Crippen LogP contribution in [-0.4, -0.2) is 32.3 Å². The molecule has 1 spiro atoms. The van der Waals surface area contributed by atoms with Crippen LogP contribution in [0, 0.1) is 5.92 Å². The summed E-state index contributed by atoms with van der Waals surface area (Å²) >= 11 is 13.0. The molecule has 0 saturated heterocycles. The fraction of sp³-hybridized carbons (Fsp3) is 0.382. The zero-order chi connectivity index (χ0) is 29.0. The molecule has 0 heterocycles. The molecule has 2 aliphatic rings. The number of ether oxygens (including phenoxy) is 3. The molecule has 1 atom stereocenters. The molecule has 5 rings (SSSR count). The SMILES string of the molecule is COC(=O)C1(Nc2cccc(Cl)c2)CCC2(CC1)C(C[C@@H](C)COCc1ccc(OC)cc1)=Cc1c(Cl)cccc12. The molecule has 7 heteroatoms. The monoisotopic (exact) mass is 593 g/mol. The first-order valence-electron chi connectivity index (χ1n) is 14.1. The Kier molecular flexibility index (Phi) is 8.98. The van der Waals surface area contributed by atoms with Crippen molar-refractivity contribution in [3.63, 3.8) is 0 Å². The number of carbonyl (C=O) groups is 1. The standard InChI is InChI=1S/C34H37Cl2NO4/c1-23(21-41-22-24-10-12-28(39-2)13-11-24)18-25-19-29-30(8-5-9-31(29)36)33(25)14-16-34(17-15-33,32(38)40-3)37-27-7-4-6-26(35)20-27/h4-13,19-20,23,37H,14-18,21-22H2,1-3H3/t23-,33?,34?/m1/s1. The molecule has 1 saturated carbocycles. The van der Waals surface area contributed by atoms with Gasteiger partial charge in [-0.3, -0.25) is 0 Å². The summed E-state index contributed by atoms with van der Waals surface area (Å²) in [6.07, 6.45) is 6.02. The molecule has 0 aromatic heterocycles. The van der Waals surface area contributed by atoms with Gasteiger partial charge in [0.1, 0.15) is 11.3 Å². The Bertz CT molecular complexity index is 1410. The largest absolute Gasteiger partial charge is 0.497 e. The van der Waals surface area contributed by atoms with Crippen molar-refractivity contribution in [3.8, 4) is 5.75 Å². The Morgan fingerprint density at radius 3 is 2.39 bits per heavy atom. The van der Waals surface area contributed by atoms with Crippen molar-refractivity contribution in [1.82, 2.24) is 0 Å². The van der Waals surface area contributed by atoms with E-state index in [-0.39, 0.29) is 11.4 Å². The van der Waals surface area contributed by atoms with Gasteiger partial charge in [0.15, 0.2) is 0 Å². The summed E-state index contributed by atoms with van der Waals surface area (Å²) in [7, 11) is 3.12. The van der Waals surface area contributed by atoms with E-state index in [0.717, 1.165) is 46.8 Å². The van der Waals surface area contributed by atoms with Crippen LogP contribution in [0.5, 0.6) is 5.75 Å². The van der Waals surface area contributed by atoms with Crippen molar-refractivity contribution in [3.05, 3.63) is 99.0 Å². The van der Waals surface area contributed by atoms with Crippen LogP contribution in [0.15, 0.2) is 72.3 Å². The number of allylic oxidation sites excluding steroid dienone is 1. The molecule has 5 nitrogen and oxygen atoms in total. The first kappa shape index (κ1) is 29.5. The molecule has 0 unspecified atom stereocenters. The second-order valence-corrected chi connectivity index (χ2v) is 12.2. The second-order valence-electron chi connectivity index (χ2n) is 11.3. The molecule has 216 valence electrons. The summed E-state index contributed by atoms with van der Waals surface area (Å²) in [5.74, 6) is 0.897. The van der Waals surface area contributed by atoms with Gasteiger partial charge in [-0.1, -0.05) is 72.1 Å². The minimum absolute atomic E-state index is 0.183. The number of carbonyl (C=O) groups excluding carboxylic acids is 1. The van der Waals surface area contributed by atoms with Crippen molar-refractivity contribution < 1.29 is 19.0 Å². The molecule has 0 amide bonds. The maximum Gasteiger partial charge on any atom is 0.331 e. The third kappa shape index (κ3) is 6.13. The Morgan fingerprint density at radius 1 is 0.976 bits per heavy atom. The van der Waals surface area contributed by atoms with Crippen LogP contribution >= 0.6 is 23.2 Å². The molecule has 2 aliphatic carbocycles. The van der Waals surface area contributed by atoms with E-state index in [1.807, 2.05) is 60.7 Å². The summed E-state index contributed by atoms with van der Waals surface area (Å²) in [5.41, 5.74) is 4.64. The van der Waals surface area contributed by atoms with Gasteiger partial charge < -0.3 is 19.5 Å². The van der Waals surface area contributed by atoms with Crippen LogP contribution in [0.2, 0.25) is 10.0 Å². The van der Waals surface area contributed by atoms with Crippen molar-refractivity contribution in [1.29, 1.82) is 0 Å². The van der Waals surface area contributed by atoms with E-state index in [1.54, 1.807) is 7.11 Å². The van der Waals surface area contributed by atoms with Gasteiger partial charge in [0.25, 0.3) is 0 Å². The Labute approximate surface area is 252 Å². The summed E-state index contributed by atoms with van der Waals surface area (Å²) in [6, 6.07) is 21.7. The molecular formula is C34H37Cl2NO4. The highest BCUT2D eigenvalue weighted by Gasteiger charge is 2.52. The third-order valence-electron chi connectivity index (χ3n) is 8.64. The van der Waals surface area contributed by atoms with Crippen LogP contribution in [0.3, 0.4) is 0 Å². The van der Waals surface area contributed by atoms with Crippen LogP contribution in [0.1, 0.15) is 55.7 Å². The number of esters is 1. The van der Waals surface area contributed by atoms with Crippen molar-refractivity contribution in [2.24, 2.45) is 5.92 Å². The Morgan fingerprint density at radius 2 is 1.71 bits per heavy atom. The Balaban J connectivity index is 1.33. The van der Waals surface area contributed by atoms with Crippen molar-refractivity contribution in [2.45, 2.75) is 56.6 Å². The fourth-order valence-corrected chi connectivity index (χ4v) is 6.91. The van der Waals surface area contributed by atoms with Crippen LogP contribution < -0.4 is 10.1 Å². The number of anilines is 1. The van der Waals surface area contributed by atoms with E-state index in [1.165, 1.54) is 18.2 Å². The molecule has 3 aromatic rings. The molecule has 0 bridgehead atoms. The lowest BCUT2D eigenvalue weighted by Crippen LogP contribution is -2.52. The minimum atomic E-state index is -0.829. The summed E-state index contributed by atoms with van der Waals surface area (Å²) in [4.78, 5) is 13.2. The smallest absolute Gasteiger partial charge is 0.331 e. The second kappa shape index (κ2) is 12.5. The van der Waals surface area contributed by atoms with Gasteiger partial charge >= 0.3 is 5.97 Å². The average molecular weight is 595 g/mol. The first-order chi connectivity index (χ1) is 19.8. The molecule has 0 aliphatic heterocycles. The fourth-order valence-electron chi connectivity index (χ4n) is 6.49. The molecule has 3 aromatic carbocycles. The van der Waals surface area contributed by atoms with Gasteiger partial charge in [-0.2, -0.15) is 0 Å². The predicted octanol–water partition coefficient (Wildman–Crippen LogP) is 8.48. The number of hydrogen-bond donors (Lipinski definition) is 1. The number of nitrogens with one attached hydrogen (secondary N) is 1. The molecule has 41 heavy (non-hydrogen) atoms. The maximum atomic E-state index is 13.2. The number of methoxy groups -OCH3 is 2. The van der Waals surface area contributed by atoms with E-state index >= 15 is 0 Å². The number of benzene rings is 3. The zero-order valence-electron chi connectivity index (χ0n) is 23.8. The summed E-state index contributed by atoms with van der Waals surface area (Å²) in [5, 5.41) is 4.89. The van der Waals surface area contributed by atoms with Crippen LogP contribution in [-0.2, 0) is 26.3 Å². The van der Waals surface area contributed by atoms with Crippen molar-refractivity contribution in [2.75, 3.05) is 26.1 Å². The third-order valence-corrected chi connectivity index (χ3v) is 9.21. The minimum Gasteiger partial charge on any atom is -0.497 e. The summed E-state index contributed by atoms with van der Waals surface area (Å²) < 4.78 is 16.7. The first-order valence-corrected chi connectivity index (χ1v) is 14.9. The van der Waals surface area contributed by atoms with E-state index in [0.29, 0.717) is 37.0 Å². The van der Waals surface area contributed by atoms with E-state index in [4.69, 9.17) is 37.4 Å². The highest BCUT2D eigenvalue weighted by Crippen LogP contribution is 2.56. The summed E-state index contributed by atoms with van der Waals surface area (Å²) in [6.45, 7) is 3.43. The zero-order valence-corrected chi connectivity index (χ0v) is 25.4. The topological polar surface area (TPSA) is 56.8 Å². The van der Waals surface area contributed by atoms with Gasteiger partial charge in [0.2, 0.25) is 0 Å². The highest BCUT2D eigenvalue weighted by molar-refractivity contribution is 6.32. The van der Waals surface area contributed by atoms with Crippen LogP contribution in [0.25, 0.3) is 6.08 Å².